The van der Waals surface area contributed by atoms with Gasteiger partial charge in [-0.2, -0.15) is 0 Å². The molecule has 3 heteroatoms. The van der Waals surface area contributed by atoms with Crippen LogP contribution in [0.5, 0.6) is 0 Å². The van der Waals surface area contributed by atoms with Crippen molar-refractivity contribution in [2.24, 2.45) is 5.73 Å². The first-order valence-corrected chi connectivity index (χ1v) is 8.48. The van der Waals surface area contributed by atoms with Crippen molar-refractivity contribution in [3.63, 3.8) is 0 Å². The third kappa shape index (κ3) is 4.11. The smallest absolute Gasteiger partial charge is 0.0314 e. The van der Waals surface area contributed by atoms with Crippen LogP contribution in [0.3, 0.4) is 0 Å². The molecule has 0 saturated carbocycles. The molecule has 0 fully saturated rings. The third-order valence-electron chi connectivity index (χ3n) is 3.16. The topological polar surface area (TPSA) is 26.0 Å². The van der Waals surface area contributed by atoms with E-state index in [-0.39, 0.29) is 6.04 Å². The average Bonchev–Trinajstić information content (AvgIpc) is 2.36. The van der Waals surface area contributed by atoms with Gasteiger partial charge in [0.05, 0.1) is 0 Å². The molecule has 0 aliphatic carbocycles. The Morgan fingerprint density at radius 3 is 2.30 bits per heavy atom. The van der Waals surface area contributed by atoms with Gasteiger partial charge in [0.25, 0.3) is 0 Å². The molecule has 0 heterocycles. The van der Waals surface area contributed by atoms with E-state index >= 15 is 0 Å². The fraction of sp³-hybridized carbons (Fsp3) is 0.294. The highest BCUT2D eigenvalue weighted by Gasteiger charge is 2.06. The van der Waals surface area contributed by atoms with Crippen LogP contribution in [-0.2, 0) is 5.75 Å². The first-order valence-electron chi connectivity index (χ1n) is 6.70. The van der Waals surface area contributed by atoms with Crippen LogP contribution in [-0.4, -0.2) is 0 Å². The summed E-state index contributed by atoms with van der Waals surface area (Å²) in [5, 5.41) is 0. The molecule has 0 unspecified atom stereocenters. The van der Waals surface area contributed by atoms with Gasteiger partial charge in [0, 0.05) is 21.2 Å². The second kappa shape index (κ2) is 6.79. The number of halogens is 1. The quantitative estimate of drug-likeness (QED) is 0.750. The van der Waals surface area contributed by atoms with Crippen LogP contribution in [0.4, 0.5) is 0 Å². The number of nitrogens with two attached hydrogens (primary N) is 1. The minimum Gasteiger partial charge on any atom is -0.324 e. The summed E-state index contributed by atoms with van der Waals surface area (Å²) in [6, 6.07) is 13.2. The molecular formula is C17H20BrNS. The number of benzene rings is 2. The van der Waals surface area contributed by atoms with E-state index in [9.17, 15) is 0 Å². The fourth-order valence-electron chi connectivity index (χ4n) is 2.23. The molecule has 0 aliphatic heterocycles. The highest BCUT2D eigenvalue weighted by atomic mass is 79.9. The summed E-state index contributed by atoms with van der Waals surface area (Å²) in [7, 11) is 0. The Hall–Kier alpha value is -0.770. The predicted octanol–water partition coefficient (Wildman–Crippen LogP) is 5.38. The van der Waals surface area contributed by atoms with Gasteiger partial charge < -0.3 is 5.73 Å². The summed E-state index contributed by atoms with van der Waals surface area (Å²) in [5.41, 5.74) is 11.1. The summed E-state index contributed by atoms with van der Waals surface area (Å²) in [5.74, 6) is 0.985. The monoisotopic (exact) mass is 349 g/mol. The van der Waals surface area contributed by atoms with Gasteiger partial charge in [0.2, 0.25) is 0 Å². The molecule has 0 spiro atoms. The van der Waals surface area contributed by atoms with Crippen molar-refractivity contribution in [2.75, 3.05) is 0 Å². The van der Waals surface area contributed by atoms with Gasteiger partial charge in [-0.3, -0.25) is 0 Å². The van der Waals surface area contributed by atoms with Crippen LogP contribution in [0.1, 0.15) is 35.2 Å². The first kappa shape index (κ1) is 15.6. The zero-order valence-corrected chi connectivity index (χ0v) is 14.5. The van der Waals surface area contributed by atoms with E-state index < -0.39 is 0 Å². The summed E-state index contributed by atoms with van der Waals surface area (Å²) in [4.78, 5) is 1.26. The Morgan fingerprint density at radius 1 is 1.10 bits per heavy atom. The maximum absolute atomic E-state index is 5.90. The Balaban J connectivity index is 2.11. The maximum atomic E-state index is 5.90. The lowest BCUT2D eigenvalue weighted by Crippen LogP contribution is -2.04. The molecule has 2 N–H and O–H groups in total. The normalized spacial score (nSPS) is 12.4. The number of thioether (sulfide) groups is 1. The number of aryl methyl sites for hydroxylation is 2. The van der Waals surface area contributed by atoms with Crippen LogP contribution in [0.25, 0.3) is 0 Å². The van der Waals surface area contributed by atoms with Crippen LogP contribution in [0, 0.1) is 13.8 Å². The van der Waals surface area contributed by atoms with E-state index in [1.54, 1.807) is 0 Å². The standard InChI is InChI=1S/C17H20BrNS/c1-11-6-12(2)8-14(7-11)10-20-17-5-4-15(13(3)19)9-16(17)18/h4-9,13H,10,19H2,1-3H3/t13-/m1/s1. The van der Waals surface area contributed by atoms with Gasteiger partial charge in [-0.25, -0.2) is 0 Å². The zero-order valence-electron chi connectivity index (χ0n) is 12.1. The van der Waals surface area contributed by atoms with Crippen LogP contribution in [0.15, 0.2) is 45.8 Å². The largest absolute Gasteiger partial charge is 0.324 e. The van der Waals surface area contributed by atoms with Crippen molar-refractivity contribution in [2.45, 2.75) is 37.5 Å². The van der Waals surface area contributed by atoms with Gasteiger partial charge in [-0.15, -0.1) is 11.8 Å². The summed E-state index contributed by atoms with van der Waals surface area (Å²) in [6.07, 6.45) is 0. The highest BCUT2D eigenvalue weighted by Crippen LogP contribution is 2.32. The predicted molar refractivity (Wildman–Crippen MR) is 92.2 cm³/mol. The lowest BCUT2D eigenvalue weighted by atomic mass is 10.1. The molecule has 0 saturated heterocycles. The highest BCUT2D eigenvalue weighted by molar-refractivity contribution is 9.10. The molecule has 0 aromatic heterocycles. The van der Waals surface area contributed by atoms with Gasteiger partial charge >= 0.3 is 0 Å². The van der Waals surface area contributed by atoms with Crippen molar-refractivity contribution in [3.8, 4) is 0 Å². The molecule has 0 bridgehead atoms. The van der Waals surface area contributed by atoms with Crippen LogP contribution in [0.2, 0.25) is 0 Å². The number of rotatable bonds is 4. The van der Waals surface area contributed by atoms with E-state index in [2.05, 4.69) is 66.2 Å². The minimum atomic E-state index is 0.0739. The van der Waals surface area contributed by atoms with Gasteiger partial charge in [-0.1, -0.05) is 35.4 Å². The van der Waals surface area contributed by atoms with E-state index in [0.29, 0.717) is 0 Å². The summed E-state index contributed by atoms with van der Waals surface area (Å²) < 4.78 is 1.13. The van der Waals surface area contributed by atoms with Crippen molar-refractivity contribution >= 4 is 27.7 Å². The van der Waals surface area contributed by atoms with Gasteiger partial charge in [0.15, 0.2) is 0 Å². The van der Waals surface area contributed by atoms with Crippen LogP contribution >= 0.6 is 27.7 Å². The Labute approximate surface area is 134 Å². The van der Waals surface area contributed by atoms with Crippen molar-refractivity contribution in [3.05, 3.63) is 63.1 Å². The molecule has 1 atom stereocenters. The molecule has 106 valence electrons. The van der Waals surface area contributed by atoms with Gasteiger partial charge in [0.1, 0.15) is 0 Å². The maximum Gasteiger partial charge on any atom is 0.0314 e. The number of hydrogen-bond acceptors (Lipinski definition) is 2. The first-order chi connectivity index (χ1) is 9.45. The Kier molecular flexibility index (Phi) is 5.30. The van der Waals surface area contributed by atoms with E-state index in [4.69, 9.17) is 5.73 Å². The minimum absolute atomic E-state index is 0.0739. The zero-order chi connectivity index (χ0) is 14.7. The molecule has 20 heavy (non-hydrogen) atoms. The molecule has 0 aliphatic rings. The van der Waals surface area contributed by atoms with E-state index in [0.717, 1.165) is 15.8 Å². The van der Waals surface area contributed by atoms with Crippen molar-refractivity contribution in [1.82, 2.24) is 0 Å². The average molecular weight is 350 g/mol. The Morgan fingerprint density at radius 2 is 1.75 bits per heavy atom. The second-order valence-corrected chi connectivity index (χ2v) is 7.13. The molecule has 2 rings (SSSR count). The Bertz CT molecular complexity index is 588. The summed E-state index contributed by atoms with van der Waals surface area (Å²) >= 11 is 5.49. The fourth-order valence-corrected chi connectivity index (χ4v) is 3.82. The third-order valence-corrected chi connectivity index (χ3v) is 5.22. The van der Waals surface area contributed by atoms with Crippen molar-refractivity contribution in [1.29, 1.82) is 0 Å². The molecular weight excluding hydrogens is 330 g/mol. The molecule has 0 radical (unpaired) electrons. The lowest BCUT2D eigenvalue weighted by Gasteiger charge is -2.10. The van der Waals surface area contributed by atoms with Gasteiger partial charge in [-0.05, 0) is 60.0 Å². The van der Waals surface area contributed by atoms with Crippen molar-refractivity contribution < 1.29 is 0 Å². The van der Waals surface area contributed by atoms with E-state index in [1.807, 2.05) is 18.7 Å². The van der Waals surface area contributed by atoms with Crippen LogP contribution < -0.4 is 5.73 Å². The molecule has 2 aromatic rings. The molecule has 1 nitrogen and oxygen atoms in total. The molecule has 2 aromatic carbocycles. The lowest BCUT2D eigenvalue weighted by molar-refractivity contribution is 0.815. The second-order valence-electron chi connectivity index (χ2n) is 5.26. The summed E-state index contributed by atoms with van der Waals surface area (Å²) in [6.45, 7) is 6.30. The number of hydrogen-bond donors (Lipinski definition) is 1. The SMILES string of the molecule is Cc1cc(C)cc(CSc2ccc([C@@H](C)N)cc2Br)c1. The molecule has 0 amide bonds. The van der Waals surface area contributed by atoms with E-state index in [1.165, 1.54) is 21.6 Å².